The van der Waals surface area contributed by atoms with Crippen LogP contribution in [0.5, 0.6) is 0 Å². The standard InChI is InChI=1S/C16H21N3O3/c1-11(20)13-3-2-4-14(9-13)18-15(21)10-19-7-5-12(6-8-19)16(17)22/h2-4,9,12H,5-8,10H2,1H3,(H2,17,22)(H,18,21). The highest BCUT2D eigenvalue weighted by Gasteiger charge is 2.24. The fraction of sp³-hybridized carbons (Fsp3) is 0.438. The SMILES string of the molecule is CC(=O)c1cccc(NC(=O)CN2CCC(C(N)=O)CC2)c1. The van der Waals surface area contributed by atoms with Gasteiger partial charge in [-0.1, -0.05) is 12.1 Å². The van der Waals surface area contributed by atoms with E-state index in [1.807, 2.05) is 4.90 Å². The van der Waals surface area contributed by atoms with Crippen molar-refractivity contribution in [3.8, 4) is 0 Å². The number of hydrogen-bond donors (Lipinski definition) is 2. The number of Topliss-reactive ketones (excluding diaryl/α,β-unsaturated/α-hetero) is 1. The zero-order valence-electron chi connectivity index (χ0n) is 12.7. The summed E-state index contributed by atoms with van der Waals surface area (Å²) in [6.07, 6.45) is 1.39. The molecule has 1 aliphatic rings. The van der Waals surface area contributed by atoms with Crippen molar-refractivity contribution in [3.63, 3.8) is 0 Å². The van der Waals surface area contributed by atoms with Crippen LogP contribution in [-0.2, 0) is 9.59 Å². The Kier molecular flexibility index (Phi) is 5.27. The van der Waals surface area contributed by atoms with Gasteiger partial charge in [0.2, 0.25) is 11.8 Å². The summed E-state index contributed by atoms with van der Waals surface area (Å²) in [5, 5.41) is 2.79. The summed E-state index contributed by atoms with van der Waals surface area (Å²) in [5.74, 6) is -0.500. The lowest BCUT2D eigenvalue weighted by atomic mass is 9.96. The van der Waals surface area contributed by atoms with Crippen molar-refractivity contribution in [2.75, 3.05) is 25.0 Å². The van der Waals surface area contributed by atoms with Gasteiger partial charge in [0.05, 0.1) is 6.54 Å². The summed E-state index contributed by atoms with van der Waals surface area (Å²) < 4.78 is 0. The maximum absolute atomic E-state index is 12.0. The average Bonchev–Trinajstić information content (AvgIpc) is 2.47. The van der Waals surface area contributed by atoms with Crippen LogP contribution in [0.2, 0.25) is 0 Å². The number of hydrogen-bond acceptors (Lipinski definition) is 4. The number of nitrogens with one attached hydrogen (secondary N) is 1. The molecule has 22 heavy (non-hydrogen) atoms. The van der Waals surface area contributed by atoms with Crippen LogP contribution >= 0.6 is 0 Å². The number of primary amides is 1. The van der Waals surface area contributed by atoms with E-state index in [9.17, 15) is 14.4 Å². The topological polar surface area (TPSA) is 92.5 Å². The predicted molar refractivity (Wildman–Crippen MR) is 83.4 cm³/mol. The van der Waals surface area contributed by atoms with Gasteiger partial charge in [0, 0.05) is 17.2 Å². The molecule has 0 saturated carbocycles. The quantitative estimate of drug-likeness (QED) is 0.794. The number of carbonyl (C=O) groups is 3. The van der Waals surface area contributed by atoms with Gasteiger partial charge in [-0.3, -0.25) is 19.3 Å². The van der Waals surface area contributed by atoms with E-state index in [-0.39, 0.29) is 30.1 Å². The van der Waals surface area contributed by atoms with Crippen LogP contribution in [0.1, 0.15) is 30.1 Å². The molecular weight excluding hydrogens is 282 g/mol. The van der Waals surface area contributed by atoms with Gasteiger partial charge in [0.15, 0.2) is 5.78 Å². The van der Waals surface area contributed by atoms with Crippen LogP contribution in [0.4, 0.5) is 5.69 Å². The number of amides is 2. The number of carbonyl (C=O) groups excluding carboxylic acids is 3. The van der Waals surface area contributed by atoms with Crippen LogP contribution in [-0.4, -0.2) is 42.1 Å². The summed E-state index contributed by atoms with van der Waals surface area (Å²) in [6.45, 7) is 3.14. The second-order valence-corrected chi connectivity index (χ2v) is 5.64. The van der Waals surface area contributed by atoms with E-state index in [2.05, 4.69) is 5.32 Å². The normalized spacial score (nSPS) is 16.2. The molecule has 0 unspecified atom stereocenters. The van der Waals surface area contributed by atoms with Crippen LogP contribution in [0.15, 0.2) is 24.3 Å². The zero-order valence-corrected chi connectivity index (χ0v) is 12.7. The Morgan fingerprint density at radius 2 is 1.95 bits per heavy atom. The number of ketones is 1. The Morgan fingerprint density at radius 3 is 2.55 bits per heavy atom. The molecular formula is C16H21N3O3. The first-order valence-electron chi connectivity index (χ1n) is 7.38. The monoisotopic (exact) mass is 303 g/mol. The molecule has 2 amide bonds. The van der Waals surface area contributed by atoms with E-state index in [0.29, 0.717) is 37.2 Å². The Morgan fingerprint density at radius 1 is 1.27 bits per heavy atom. The Labute approximate surface area is 129 Å². The van der Waals surface area contributed by atoms with Gasteiger partial charge in [-0.15, -0.1) is 0 Å². The van der Waals surface area contributed by atoms with E-state index < -0.39 is 0 Å². The van der Waals surface area contributed by atoms with Crippen molar-refractivity contribution in [1.29, 1.82) is 0 Å². The molecule has 1 aliphatic heterocycles. The number of rotatable bonds is 5. The largest absolute Gasteiger partial charge is 0.369 e. The molecule has 1 saturated heterocycles. The second-order valence-electron chi connectivity index (χ2n) is 5.64. The van der Waals surface area contributed by atoms with E-state index >= 15 is 0 Å². The van der Waals surface area contributed by atoms with Gasteiger partial charge < -0.3 is 11.1 Å². The summed E-state index contributed by atoms with van der Waals surface area (Å²) >= 11 is 0. The number of benzene rings is 1. The van der Waals surface area contributed by atoms with Crippen LogP contribution in [0.25, 0.3) is 0 Å². The van der Waals surface area contributed by atoms with Crippen LogP contribution in [0, 0.1) is 5.92 Å². The smallest absolute Gasteiger partial charge is 0.238 e. The first-order chi connectivity index (χ1) is 10.5. The molecule has 0 atom stereocenters. The summed E-state index contributed by atoms with van der Waals surface area (Å²) in [5.41, 5.74) is 6.48. The third-order valence-corrected chi connectivity index (χ3v) is 3.91. The third-order valence-electron chi connectivity index (χ3n) is 3.91. The lowest BCUT2D eigenvalue weighted by Gasteiger charge is -2.29. The molecule has 0 spiro atoms. The second kappa shape index (κ2) is 7.17. The summed E-state index contributed by atoms with van der Waals surface area (Å²) in [6, 6.07) is 6.88. The molecule has 1 aromatic rings. The molecule has 6 heteroatoms. The number of likely N-dealkylation sites (tertiary alicyclic amines) is 1. The molecule has 6 nitrogen and oxygen atoms in total. The summed E-state index contributed by atoms with van der Waals surface area (Å²) in [7, 11) is 0. The summed E-state index contributed by atoms with van der Waals surface area (Å²) in [4.78, 5) is 36.5. The van der Waals surface area contributed by atoms with E-state index in [1.54, 1.807) is 24.3 Å². The minimum atomic E-state index is -0.259. The van der Waals surface area contributed by atoms with Crippen LogP contribution < -0.4 is 11.1 Å². The van der Waals surface area contributed by atoms with Crippen molar-refractivity contribution in [2.45, 2.75) is 19.8 Å². The maximum Gasteiger partial charge on any atom is 0.238 e. The zero-order chi connectivity index (χ0) is 16.1. The van der Waals surface area contributed by atoms with Gasteiger partial charge in [0.25, 0.3) is 0 Å². The van der Waals surface area contributed by atoms with Crippen molar-refractivity contribution < 1.29 is 14.4 Å². The van der Waals surface area contributed by atoms with Crippen molar-refractivity contribution in [1.82, 2.24) is 4.90 Å². The Hall–Kier alpha value is -2.21. The van der Waals surface area contributed by atoms with Gasteiger partial charge in [-0.25, -0.2) is 0 Å². The minimum Gasteiger partial charge on any atom is -0.369 e. The number of piperidine rings is 1. The fourth-order valence-corrected chi connectivity index (χ4v) is 2.60. The third kappa shape index (κ3) is 4.39. The molecule has 0 bridgehead atoms. The number of nitrogens with zero attached hydrogens (tertiary/aromatic N) is 1. The number of nitrogens with two attached hydrogens (primary N) is 1. The first-order valence-corrected chi connectivity index (χ1v) is 7.38. The number of anilines is 1. The molecule has 1 heterocycles. The molecule has 0 radical (unpaired) electrons. The molecule has 0 aliphatic carbocycles. The highest BCUT2D eigenvalue weighted by molar-refractivity contribution is 5.97. The Bertz CT molecular complexity index is 578. The van der Waals surface area contributed by atoms with Gasteiger partial charge in [-0.2, -0.15) is 0 Å². The highest BCUT2D eigenvalue weighted by atomic mass is 16.2. The van der Waals surface area contributed by atoms with Crippen molar-refractivity contribution >= 4 is 23.3 Å². The van der Waals surface area contributed by atoms with E-state index in [0.717, 1.165) is 0 Å². The fourth-order valence-electron chi connectivity index (χ4n) is 2.60. The minimum absolute atomic E-state index is 0.0374. The van der Waals surface area contributed by atoms with Gasteiger partial charge >= 0.3 is 0 Å². The van der Waals surface area contributed by atoms with Crippen molar-refractivity contribution in [3.05, 3.63) is 29.8 Å². The van der Waals surface area contributed by atoms with Gasteiger partial charge in [-0.05, 0) is 45.0 Å². The lowest BCUT2D eigenvalue weighted by molar-refractivity contribution is -0.123. The maximum atomic E-state index is 12.0. The molecule has 3 N–H and O–H groups in total. The molecule has 118 valence electrons. The molecule has 2 rings (SSSR count). The van der Waals surface area contributed by atoms with E-state index in [4.69, 9.17) is 5.73 Å². The molecule has 1 aromatic carbocycles. The average molecular weight is 303 g/mol. The van der Waals surface area contributed by atoms with Crippen molar-refractivity contribution in [2.24, 2.45) is 11.7 Å². The van der Waals surface area contributed by atoms with E-state index in [1.165, 1.54) is 6.92 Å². The highest BCUT2D eigenvalue weighted by Crippen LogP contribution is 2.17. The first kappa shape index (κ1) is 16.2. The molecule has 1 fully saturated rings. The molecule has 0 aromatic heterocycles. The van der Waals surface area contributed by atoms with Gasteiger partial charge in [0.1, 0.15) is 0 Å². The lowest BCUT2D eigenvalue weighted by Crippen LogP contribution is -2.42. The predicted octanol–water partition coefficient (Wildman–Crippen LogP) is 1.02. The van der Waals surface area contributed by atoms with Crippen LogP contribution in [0.3, 0.4) is 0 Å². The Balaban J connectivity index is 1.85.